The van der Waals surface area contributed by atoms with Gasteiger partial charge in [0.25, 0.3) is 0 Å². The lowest BCUT2D eigenvalue weighted by molar-refractivity contribution is -0.0802. The van der Waals surface area contributed by atoms with Gasteiger partial charge in [-0.1, -0.05) is 35.0 Å². The average Bonchev–Trinajstić information content (AvgIpc) is 2.31. The van der Waals surface area contributed by atoms with Crippen molar-refractivity contribution >= 4 is 22.0 Å². The fourth-order valence-corrected chi connectivity index (χ4v) is 1.76. The van der Waals surface area contributed by atoms with Crippen LogP contribution in [0.4, 0.5) is 4.79 Å². The molecule has 2 N–H and O–H groups in total. The van der Waals surface area contributed by atoms with Gasteiger partial charge in [0, 0.05) is 11.5 Å². The topological polar surface area (TPSA) is 52.6 Å². The Morgan fingerprint density at radius 1 is 1.50 bits per heavy atom. The molecular weight excluding hydrogens is 272 g/mol. The zero-order valence-corrected chi connectivity index (χ0v) is 10.9. The van der Waals surface area contributed by atoms with Crippen molar-refractivity contribution in [1.29, 1.82) is 0 Å². The number of amides is 2. The third kappa shape index (κ3) is 2.96. The van der Waals surface area contributed by atoms with Crippen molar-refractivity contribution in [2.45, 2.75) is 19.4 Å². The van der Waals surface area contributed by atoms with E-state index in [9.17, 15) is 10.0 Å². The number of hydroxylamine groups is 2. The maximum Gasteiger partial charge on any atom is 0.341 e. The molecule has 1 aromatic rings. The second-order valence-corrected chi connectivity index (χ2v) is 4.29. The molecule has 0 aliphatic carbocycles. The normalized spacial score (nSPS) is 12.0. The summed E-state index contributed by atoms with van der Waals surface area (Å²) in [6.07, 6.45) is 0.644. The molecule has 1 unspecified atom stereocenters. The van der Waals surface area contributed by atoms with Crippen LogP contribution in [0.15, 0.2) is 28.7 Å². The van der Waals surface area contributed by atoms with Crippen LogP contribution in [0.25, 0.3) is 0 Å². The average molecular weight is 287 g/mol. The maximum atomic E-state index is 11.3. The number of hydrogen-bond acceptors (Lipinski definition) is 2. The van der Waals surface area contributed by atoms with E-state index >= 15 is 0 Å². The minimum Gasteiger partial charge on any atom is -0.339 e. The number of nitrogens with one attached hydrogen (secondary N) is 1. The molecule has 0 fully saturated rings. The molecule has 0 bridgehead atoms. The first kappa shape index (κ1) is 13.0. The quantitative estimate of drug-likeness (QED) is 0.663. The Labute approximate surface area is 103 Å². The second kappa shape index (κ2) is 5.86. The molecule has 0 aromatic heterocycles. The van der Waals surface area contributed by atoms with Gasteiger partial charge in [0.05, 0.1) is 6.04 Å². The molecule has 0 radical (unpaired) electrons. The van der Waals surface area contributed by atoms with E-state index in [1.165, 1.54) is 7.05 Å². The largest absolute Gasteiger partial charge is 0.341 e. The fourth-order valence-electron chi connectivity index (χ4n) is 1.49. The van der Waals surface area contributed by atoms with Crippen molar-refractivity contribution in [1.82, 2.24) is 10.4 Å². The van der Waals surface area contributed by atoms with Gasteiger partial charge in [-0.2, -0.15) is 5.06 Å². The fraction of sp³-hybridized carbons (Fsp3) is 0.364. The highest BCUT2D eigenvalue weighted by molar-refractivity contribution is 9.10. The number of halogens is 1. The Kier molecular flexibility index (Phi) is 4.76. The van der Waals surface area contributed by atoms with Gasteiger partial charge in [0.2, 0.25) is 0 Å². The number of rotatable bonds is 3. The van der Waals surface area contributed by atoms with Crippen LogP contribution in [0.2, 0.25) is 0 Å². The molecule has 0 saturated heterocycles. The standard InChI is InChI=1S/C11H15BrN2O2/c1-3-10(14(16)11(15)13-2)8-4-6-9(12)7-5-8/h4-7,10,16H,3H2,1-2H3,(H,13,15). The second-order valence-electron chi connectivity index (χ2n) is 3.38. The maximum absolute atomic E-state index is 11.3. The van der Waals surface area contributed by atoms with Gasteiger partial charge < -0.3 is 5.32 Å². The SMILES string of the molecule is CCC(c1ccc(Br)cc1)N(O)C(=O)NC. The molecule has 0 saturated carbocycles. The predicted molar refractivity (Wildman–Crippen MR) is 65.3 cm³/mol. The summed E-state index contributed by atoms with van der Waals surface area (Å²) < 4.78 is 0.968. The molecule has 1 aromatic carbocycles. The van der Waals surface area contributed by atoms with Crippen molar-refractivity contribution < 1.29 is 10.0 Å². The smallest absolute Gasteiger partial charge is 0.339 e. The molecule has 5 heteroatoms. The number of benzene rings is 1. The molecule has 16 heavy (non-hydrogen) atoms. The van der Waals surface area contributed by atoms with Gasteiger partial charge in [-0.05, 0) is 24.1 Å². The molecule has 4 nitrogen and oxygen atoms in total. The molecule has 1 rings (SSSR count). The molecule has 0 aliphatic heterocycles. The number of nitrogens with zero attached hydrogens (tertiary/aromatic N) is 1. The number of hydrogen-bond donors (Lipinski definition) is 2. The zero-order valence-electron chi connectivity index (χ0n) is 9.27. The number of carbonyl (C=O) groups excluding carboxylic acids is 1. The van der Waals surface area contributed by atoms with Crippen molar-refractivity contribution in [2.24, 2.45) is 0 Å². The van der Waals surface area contributed by atoms with Crippen LogP contribution in [0, 0.1) is 0 Å². The van der Waals surface area contributed by atoms with Crippen LogP contribution in [0.5, 0.6) is 0 Å². The number of urea groups is 1. The molecule has 88 valence electrons. The van der Waals surface area contributed by atoms with Crippen LogP contribution in [-0.2, 0) is 0 Å². The van der Waals surface area contributed by atoms with E-state index < -0.39 is 6.03 Å². The van der Waals surface area contributed by atoms with E-state index in [2.05, 4.69) is 21.2 Å². The Hall–Kier alpha value is -1.07. The molecule has 0 spiro atoms. The molecule has 0 aliphatic rings. The highest BCUT2D eigenvalue weighted by Crippen LogP contribution is 2.24. The van der Waals surface area contributed by atoms with Crippen molar-refractivity contribution in [3.05, 3.63) is 34.3 Å². The summed E-state index contributed by atoms with van der Waals surface area (Å²) in [5.74, 6) is 0. The third-order valence-electron chi connectivity index (χ3n) is 2.36. The zero-order chi connectivity index (χ0) is 12.1. The predicted octanol–water partition coefficient (Wildman–Crippen LogP) is 2.93. The first-order chi connectivity index (χ1) is 7.60. The summed E-state index contributed by atoms with van der Waals surface area (Å²) in [5, 5.41) is 12.8. The first-order valence-corrected chi connectivity index (χ1v) is 5.84. The molecule has 1 atom stereocenters. The van der Waals surface area contributed by atoms with Gasteiger partial charge in [-0.3, -0.25) is 5.21 Å². The summed E-state index contributed by atoms with van der Waals surface area (Å²) in [6, 6.07) is 6.70. The lowest BCUT2D eigenvalue weighted by atomic mass is 10.0. The van der Waals surface area contributed by atoms with E-state index in [1.54, 1.807) is 0 Å². The van der Waals surface area contributed by atoms with E-state index in [0.717, 1.165) is 15.1 Å². The van der Waals surface area contributed by atoms with E-state index in [0.29, 0.717) is 6.42 Å². The van der Waals surface area contributed by atoms with Crippen LogP contribution >= 0.6 is 15.9 Å². The van der Waals surface area contributed by atoms with Crippen molar-refractivity contribution in [3.8, 4) is 0 Å². The van der Waals surface area contributed by atoms with Crippen LogP contribution in [0.3, 0.4) is 0 Å². The summed E-state index contributed by atoms with van der Waals surface area (Å²) in [7, 11) is 1.49. The summed E-state index contributed by atoms with van der Waals surface area (Å²) in [4.78, 5) is 11.3. The number of carbonyl (C=O) groups is 1. The minimum atomic E-state index is -0.505. The summed E-state index contributed by atoms with van der Waals surface area (Å²) >= 11 is 3.34. The van der Waals surface area contributed by atoms with Crippen molar-refractivity contribution in [2.75, 3.05) is 7.05 Å². The Balaban J connectivity index is 2.89. The monoisotopic (exact) mass is 286 g/mol. The summed E-state index contributed by atoms with van der Waals surface area (Å²) in [5.41, 5.74) is 0.900. The highest BCUT2D eigenvalue weighted by atomic mass is 79.9. The van der Waals surface area contributed by atoms with Crippen LogP contribution in [-0.4, -0.2) is 23.3 Å². The molecule has 0 heterocycles. The Morgan fingerprint density at radius 3 is 2.50 bits per heavy atom. The van der Waals surface area contributed by atoms with Gasteiger partial charge >= 0.3 is 6.03 Å². The van der Waals surface area contributed by atoms with E-state index in [-0.39, 0.29) is 6.04 Å². The van der Waals surface area contributed by atoms with Gasteiger partial charge in [0.15, 0.2) is 0 Å². The lowest BCUT2D eigenvalue weighted by Crippen LogP contribution is -2.38. The van der Waals surface area contributed by atoms with Gasteiger partial charge in [-0.25, -0.2) is 4.79 Å². The minimum absolute atomic E-state index is 0.326. The summed E-state index contributed by atoms with van der Waals surface area (Å²) in [6.45, 7) is 1.92. The Morgan fingerprint density at radius 2 is 2.06 bits per heavy atom. The lowest BCUT2D eigenvalue weighted by Gasteiger charge is -2.24. The van der Waals surface area contributed by atoms with E-state index in [4.69, 9.17) is 0 Å². The van der Waals surface area contributed by atoms with Gasteiger partial charge in [-0.15, -0.1) is 0 Å². The first-order valence-electron chi connectivity index (χ1n) is 5.05. The molecular formula is C11H15BrN2O2. The highest BCUT2D eigenvalue weighted by Gasteiger charge is 2.21. The van der Waals surface area contributed by atoms with Crippen molar-refractivity contribution in [3.63, 3.8) is 0 Å². The third-order valence-corrected chi connectivity index (χ3v) is 2.89. The van der Waals surface area contributed by atoms with Crippen LogP contribution in [0.1, 0.15) is 24.9 Å². The Bertz CT molecular complexity index is 354. The van der Waals surface area contributed by atoms with E-state index in [1.807, 2.05) is 31.2 Å². The van der Waals surface area contributed by atoms with Crippen LogP contribution < -0.4 is 5.32 Å². The molecule has 2 amide bonds. The van der Waals surface area contributed by atoms with Gasteiger partial charge in [0.1, 0.15) is 0 Å².